The Morgan fingerprint density at radius 3 is 2.42 bits per heavy atom. The zero-order chi connectivity index (χ0) is 9.07. The fraction of sp³-hybridized carbons (Fsp3) is 0.545. The van der Waals surface area contributed by atoms with Crippen molar-refractivity contribution < 1.29 is 4.79 Å². The molecule has 0 aliphatic carbocycles. The minimum atomic E-state index is 0.553. The Bertz CT molecular complexity index is 199. The molecule has 0 radical (unpaired) electrons. The van der Waals surface area contributed by atoms with Crippen molar-refractivity contribution in [2.45, 2.75) is 38.5 Å². The third-order valence-corrected chi connectivity index (χ3v) is 1.39. The lowest BCUT2D eigenvalue weighted by molar-refractivity contribution is -0.107. The van der Waals surface area contributed by atoms with Crippen molar-refractivity contribution >= 4 is 6.29 Å². The molecule has 0 unspecified atom stereocenters. The van der Waals surface area contributed by atoms with E-state index in [1.54, 1.807) is 0 Å². The highest BCUT2D eigenvalue weighted by Crippen LogP contribution is 1.96. The van der Waals surface area contributed by atoms with E-state index >= 15 is 0 Å². The number of rotatable bonds is 5. The predicted molar refractivity (Wildman–Crippen MR) is 50.4 cm³/mol. The summed E-state index contributed by atoms with van der Waals surface area (Å²) in [7, 11) is 0. The molecule has 0 aliphatic heterocycles. The van der Waals surface area contributed by atoms with Crippen LogP contribution in [-0.2, 0) is 4.79 Å². The van der Waals surface area contributed by atoms with Gasteiger partial charge in [-0.25, -0.2) is 0 Å². The van der Waals surface area contributed by atoms with Crippen LogP contribution in [0.25, 0.3) is 0 Å². The molecule has 0 aliphatic rings. The molecule has 1 heteroatoms. The molecule has 0 aromatic carbocycles. The minimum absolute atomic E-state index is 0.553. The van der Waals surface area contributed by atoms with Crippen LogP contribution < -0.4 is 0 Å². The Balaban J connectivity index is 3.11. The summed E-state index contributed by atoms with van der Waals surface area (Å²) < 4.78 is 0. The highest BCUT2D eigenvalue weighted by atomic mass is 16.1. The van der Waals surface area contributed by atoms with E-state index < -0.39 is 0 Å². The van der Waals surface area contributed by atoms with E-state index in [9.17, 15) is 4.79 Å². The van der Waals surface area contributed by atoms with Gasteiger partial charge in [0.2, 0.25) is 0 Å². The molecule has 0 N–H and O–H groups in total. The van der Waals surface area contributed by atoms with Crippen LogP contribution >= 0.6 is 0 Å². The Hall–Kier alpha value is -1.21. The van der Waals surface area contributed by atoms with Gasteiger partial charge in [0, 0.05) is 25.7 Å². The van der Waals surface area contributed by atoms with E-state index in [0.717, 1.165) is 32.0 Å². The van der Waals surface area contributed by atoms with E-state index in [-0.39, 0.29) is 0 Å². The third-order valence-electron chi connectivity index (χ3n) is 1.39. The topological polar surface area (TPSA) is 17.1 Å². The molecule has 12 heavy (non-hydrogen) atoms. The molecule has 0 heterocycles. The average Bonchev–Trinajstić information content (AvgIpc) is 2.10. The number of carbonyl (C=O) groups is 1. The summed E-state index contributed by atoms with van der Waals surface area (Å²) in [4.78, 5) is 9.89. The zero-order valence-electron chi connectivity index (χ0n) is 7.31. The van der Waals surface area contributed by atoms with Gasteiger partial charge < -0.3 is 4.79 Å². The number of aldehydes is 1. The maximum absolute atomic E-state index is 9.89. The first-order chi connectivity index (χ1) is 5.91. The van der Waals surface area contributed by atoms with Gasteiger partial charge in [-0.1, -0.05) is 0 Å². The summed E-state index contributed by atoms with van der Waals surface area (Å²) in [5, 5.41) is 0. The highest BCUT2D eigenvalue weighted by Gasteiger charge is 1.82. The van der Waals surface area contributed by atoms with Gasteiger partial charge in [-0.2, -0.15) is 0 Å². The molecule has 0 aromatic heterocycles. The van der Waals surface area contributed by atoms with Crippen molar-refractivity contribution in [2.24, 2.45) is 0 Å². The van der Waals surface area contributed by atoms with Crippen LogP contribution in [0.15, 0.2) is 0 Å². The van der Waals surface area contributed by atoms with Crippen LogP contribution in [-0.4, -0.2) is 6.29 Å². The Labute approximate surface area is 74.5 Å². The number of hydrogen-bond donors (Lipinski definition) is 0. The van der Waals surface area contributed by atoms with Crippen LogP contribution in [0, 0.1) is 24.2 Å². The van der Waals surface area contributed by atoms with Crippen molar-refractivity contribution in [1.82, 2.24) is 0 Å². The predicted octanol–water partition coefficient (Wildman–Crippen LogP) is 2.16. The Kier molecular flexibility index (Phi) is 8.80. The monoisotopic (exact) mass is 162 g/mol. The van der Waals surface area contributed by atoms with E-state index in [1.165, 1.54) is 0 Å². The third kappa shape index (κ3) is 8.79. The Morgan fingerprint density at radius 2 is 1.75 bits per heavy atom. The quantitative estimate of drug-likeness (QED) is 0.344. The van der Waals surface area contributed by atoms with Crippen molar-refractivity contribution in [2.75, 3.05) is 0 Å². The van der Waals surface area contributed by atoms with Crippen LogP contribution in [0.3, 0.4) is 0 Å². The van der Waals surface area contributed by atoms with Gasteiger partial charge in [0.05, 0.1) is 0 Å². The lowest BCUT2D eigenvalue weighted by Gasteiger charge is -1.87. The average molecular weight is 162 g/mol. The van der Waals surface area contributed by atoms with Gasteiger partial charge >= 0.3 is 0 Å². The van der Waals surface area contributed by atoms with E-state index in [2.05, 4.69) is 17.8 Å². The maximum Gasteiger partial charge on any atom is 0.120 e. The van der Waals surface area contributed by atoms with E-state index in [0.29, 0.717) is 12.8 Å². The molecule has 0 saturated carbocycles. The SMILES string of the molecule is C#CCCCCC#CCCC=O. The number of carbonyl (C=O) groups excluding carboxylic acids is 1. The summed E-state index contributed by atoms with van der Waals surface area (Å²) in [5.41, 5.74) is 0. The highest BCUT2D eigenvalue weighted by molar-refractivity contribution is 5.49. The second-order valence-corrected chi connectivity index (χ2v) is 2.47. The summed E-state index contributed by atoms with van der Waals surface area (Å²) in [5.74, 6) is 8.52. The molecule has 0 aromatic rings. The number of unbranched alkanes of at least 4 members (excludes halogenated alkanes) is 4. The molecule has 0 amide bonds. The summed E-state index contributed by atoms with van der Waals surface area (Å²) in [6.45, 7) is 0. The van der Waals surface area contributed by atoms with Gasteiger partial charge in [0.1, 0.15) is 6.29 Å². The minimum Gasteiger partial charge on any atom is -0.303 e. The standard InChI is InChI=1S/C11H14O/c1-2-3-4-5-6-7-8-9-10-11-12/h1,11H,3-6,9-10H2. The van der Waals surface area contributed by atoms with Crippen LogP contribution in [0.5, 0.6) is 0 Å². The van der Waals surface area contributed by atoms with Crippen LogP contribution in [0.4, 0.5) is 0 Å². The first-order valence-corrected chi connectivity index (χ1v) is 4.24. The summed E-state index contributed by atoms with van der Waals surface area (Å²) >= 11 is 0. The molecule has 64 valence electrons. The van der Waals surface area contributed by atoms with Crippen molar-refractivity contribution in [3.8, 4) is 24.2 Å². The molecule has 0 fully saturated rings. The summed E-state index contributed by atoms with van der Waals surface area (Å²) in [6, 6.07) is 0. The van der Waals surface area contributed by atoms with E-state index in [4.69, 9.17) is 6.42 Å². The number of terminal acetylenes is 1. The second-order valence-electron chi connectivity index (χ2n) is 2.47. The smallest absolute Gasteiger partial charge is 0.120 e. The van der Waals surface area contributed by atoms with Crippen molar-refractivity contribution in [1.29, 1.82) is 0 Å². The van der Waals surface area contributed by atoms with Gasteiger partial charge in [0.25, 0.3) is 0 Å². The van der Waals surface area contributed by atoms with Crippen LogP contribution in [0.1, 0.15) is 38.5 Å². The van der Waals surface area contributed by atoms with Crippen molar-refractivity contribution in [3.05, 3.63) is 0 Å². The molecule has 0 bridgehead atoms. The first kappa shape index (κ1) is 10.8. The number of hydrogen-bond acceptors (Lipinski definition) is 1. The lowest BCUT2D eigenvalue weighted by Crippen LogP contribution is -1.74. The van der Waals surface area contributed by atoms with Gasteiger partial charge in [-0.15, -0.1) is 24.2 Å². The van der Waals surface area contributed by atoms with E-state index in [1.807, 2.05) is 0 Å². The molecular formula is C11H14O. The van der Waals surface area contributed by atoms with Crippen molar-refractivity contribution in [3.63, 3.8) is 0 Å². The van der Waals surface area contributed by atoms with Gasteiger partial charge in [-0.3, -0.25) is 0 Å². The molecule has 0 spiro atoms. The first-order valence-electron chi connectivity index (χ1n) is 4.24. The molecule has 0 saturated heterocycles. The van der Waals surface area contributed by atoms with Gasteiger partial charge in [0.15, 0.2) is 0 Å². The molecule has 0 atom stereocenters. The van der Waals surface area contributed by atoms with Gasteiger partial charge in [-0.05, 0) is 12.8 Å². The zero-order valence-corrected chi connectivity index (χ0v) is 7.31. The maximum atomic E-state index is 9.89. The molecule has 1 nitrogen and oxygen atoms in total. The largest absolute Gasteiger partial charge is 0.303 e. The fourth-order valence-corrected chi connectivity index (χ4v) is 0.748. The normalized spacial score (nSPS) is 7.92. The van der Waals surface area contributed by atoms with Crippen LogP contribution in [0.2, 0.25) is 0 Å². The molecule has 0 rings (SSSR count). The molecular weight excluding hydrogens is 148 g/mol. The second kappa shape index (κ2) is 9.79. The lowest BCUT2D eigenvalue weighted by atomic mass is 10.2. The summed E-state index contributed by atoms with van der Waals surface area (Å²) in [6.07, 6.45) is 11.1. The fourth-order valence-electron chi connectivity index (χ4n) is 0.748. The Morgan fingerprint density at radius 1 is 1.08 bits per heavy atom.